The first kappa shape index (κ1) is 20.9. The zero-order valence-electron chi connectivity index (χ0n) is 18.3. The number of ketones is 1. The summed E-state index contributed by atoms with van der Waals surface area (Å²) in [6, 6.07) is 14.9. The lowest BCUT2D eigenvalue weighted by Gasteiger charge is -2.38. The van der Waals surface area contributed by atoms with Gasteiger partial charge in [0.2, 0.25) is 0 Å². The fourth-order valence-electron chi connectivity index (χ4n) is 4.76. The summed E-state index contributed by atoms with van der Waals surface area (Å²) in [7, 11) is 0. The van der Waals surface area contributed by atoms with Gasteiger partial charge in [0.15, 0.2) is 5.78 Å². The molecule has 30 heavy (non-hydrogen) atoms. The van der Waals surface area contributed by atoms with Crippen molar-refractivity contribution in [2.24, 2.45) is 0 Å². The van der Waals surface area contributed by atoms with Crippen molar-refractivity contribution in [2.45, 2.75) is 70.4 Å². The molecule has 1 aromatic carbocycles. The number of aromatic nitrogens is 2. The summed E-state index contributed by atoms with van der Waals surface area (Å²) < 4.78 is 2.00. The number of thiophene rings is 1. The number of Topliss-reactive ketones (excluding diaryl/α,β-unsaturated/α-hetero) is 1. The standard InChI is InChI=1S/C25H31N3OS/c1-5-25(6-2,22-13-10-14-30-22)16-21(29)19-17-26-28-23(19)27-20(15-24(28,3)4)18-11-8-7-9-12-18/h7-14,17,20,27H,5-6,15-16H2,1-4H3. The highest BCUT2D eigenvalue weighted by Crippen LogP contribution is 2.43. The van der Waals surface area contributed by atoms with E-state index in [0.717, 1.165) is 25.1 Å². The molecule has 2 aromatic heterocycles. The van der Waals surface area contributed by atoms with Gasteiger partial charge < -0.3 is 5.32 Å². The van der Waals surface area contributed by atoms with E-state index in [1.165, 1.54) is 10.4 Å². The molecule has 1 aliphatic heterocycles. The van der Waals surface area contributed by atoms with Gasteiger partial charge in [-0.1, -0.05) is 50.2 Å². The van der Waals surface area contributed by atoms with Crippen molar-refractivity contribution >= 4 is 22.9 Å². The molecule has 0 saturated carbocycles. The van der Waals surface area contributed by atoms with E-state index in [4.69, 9.17) is 0 Å². The van der Waals surface area contributed by atoms with Gasteiger partial charge in [0.25, 0.3) is 0 Å². The topological polar surface area (TPSA) is 46.9 Å². The molecule has 0 bridgehead atoms. The minimum Gasteiger partial charge on any atom is -0.363 e. The van der Waals surface area contributed by atoms with Gasteiger partial charge >= 0.3 is 0 Å². The molecule has 4 rings (SSSR count). The zero-order chi connectivity index (χ0) is 21.4. The number of hydrogen-bond acceptors (Lipinski definition) is 4. The van der Waals surface area contributed by atoms with E-state index in [0.29, 0.717) is 12.0 Å². The fourth-order valence-corrected chi connectivity index (χ4v) is 5.83. The zero-order valence-corrected chi connectivity index (χ0v) is 19.1. The van der Waals surface area contributed by atoms with Crippen LogP contribution in [0.3, 0.4) is 0 Å². The Kier molecular flexibility index (Phi) is 5.58. The monoisotopic (exact) mass is 421 g/mol. The second-order valence-electron chi connectivity index (χ2n) is 9.01. The van der Waals surface area contributed by atoms with Gasteiger partial charge in [-0.3, -0.25) is 4.79 Å². The summed E-state index contributed by atoms with van der Waals surface area (Å²) in [6.45, 7) is 8.78. The lowest BCUT2D eigenvalue weighted by molar-refractivity contribution is 0.0946. The molecular weight excluding hydrogens is 390 g/mol. The van der Waals surface area contributed by atoms with Crippen molar-refractivity contribution in [2.75, 3.05) is 5.32 Å². The Bertz CT molecular complexity index is 1000. The Morgan fingerprint density at radius 2 is 1.93 bits per heavy atom. The molecule has 0 saturated heterocycles. The van der Waals surface area contributed by atoms with Crippen LogP contribution in [0.4, 0.5) is 5.82 Å². The summed E-state index contributed by atoms with van der Waals surface area (Å²) >= 11 is 1.76. The maximum Gasteiger partial charge on any atom is 0.169 e. The van der Waals surface area contributed by atoms with Crippen LogP contribution in [0.2, 0.25) is 0 Å². The summed E-state index contributed by atoms with van der Waals surface area (Å²) in [4.78, 5) is 14.9. The Morgan fingerprint density at radius 1 is 1.20 bits per heavy atom. The van der Waals surface area contributed by atoms with Gasteiger partial charge in [0.05, 0.1) is 23.3 Å². The van der Waals surface area contributed by atoms with Crippen molar-refractivity contribution in [1.82, 2.24) is 9.78 Å². The first-order chi connectivity index (χ1) is 14.4. The number of anilines is 1. The van der Waals surface area contributed by atoms with E-state index < -0.39 is 0 Å². The summed E-state index contributed by atoms with van der Waals surface area (Å²) in [5.74, 6) is 1.03. The first-order valence-electron chi connectivity index (χ1n) is 10.9. The number of carbonyl (C=O) groups is 1. The van der Waals surface area contributed by atoms with Crippen LogP contribution < -0.4 is 5.32 Å². The predicted octanol–water partition coefficient (Wildman–Crippen LogP) is 6.57. The van der Waals surface area contributed by atoms with Crippen LogP contribution in [0.15, 0.2) is 54.0 Å². The molecule has 0 spiro atoms. The third-order valence-corrected chi connectivity index (χ3v) is 7.87. The largest absolute Gasteiger partial charge is 0.363 e. The maximum absolute atomic E-state index is 13.6. The van der Waals surface area contributed by atoms with Crippen LogP contribution in [0.1, 0.15) is 80.2 Å². The molecule has 3 aromatic rings. The van der Waals surface area contributed by atoms with Gasteiger partial charge in [-0.2, -0.15) is 5.10 Å². The van der Waals surface area contributed by atoms with E-state index in [9.17, 15) is 4.79 Å². The SMILES string of the molecule is CCC(CC)(CC(=O)c1cnn2c1NC(c1ccccc1)CC2(C)C)c1cccs1. The quantitative estimate of drug-likeness (QED) is 0.439. The predicted molar refractivity (Wildman–Crippen MR) is 124 cm³/mol. The molecule has 158 valence electrons. The van der Waals surface area contributed by atoms with Crippen molar-refractivity contribution in [3.05, 3.63) is 70.0 Å². The van der Waals surface area contributed by atoms with Crippen LogP contribution in [-0.4, -0.2) is 15.6 Å². The fraction of sp³-hybridized carbons (Fsp3) is 0.440. The van der Waals surface area contributed by atoms with E-state index in [1.807, 2.05) is 10.7 Å². The second-order valence-corrected chi connectivity index (χ2v) is 9.96. The third kappa shape index (κ3) is 3.60. The Hall–Kier alpha value is -2.40. The second kappa shape index (κ2) is 8.03. The molecule has 3 heterocycles. The summed E-state index contributed by atoms with van der Waals surface area (Å²) in [6.07, 6.45) is 5.10. The highest BCUT2D eigenvalue weighted by molar-refractivity contribution is 7.10. The van der Waals surface area contributed by atoms with Crippen LogP contribution in [-0.2, 0) is 11.0 Å². The van der Waals surface area contributed by atoms with Crippen molar-refractivity contribution in [3.8, 4) is 0 Å². The molecule has 1 unspecified atom stereocenters. The normalized spacial score (nSPS) is 17.9. The summed E-state index contributed by atoms with van der Waals surface area (Å²) in [5.41, 5.74) is 1.68. The van der Waals surface area contributed by atoms with Gasteiger partial charge in [0.1, 0.15) is 5.82 Å². The Morgan fingerprint density at radius 3 is 2.57 bits per heavy atom. The molecule has 0 fully saturated rings. The minimum atomic E-state index is -0.167. The molecule has 0 radical (unpaired) electrons. The van der Waals surface area contributed by atoms with Gasteiger partial charge in [0, 0.05) is 16.7 Å². The lowest BCUT2D eigenvalue weighted by atomic mass is 9.76. The summed E-state index contributed by atoms with van der Waals surface area (Å²) in [5, 5.41) is 10.4. The molecule has 0 amide bonds. The van der Waals surface area contributed by atoms with Crippen LogP contribution >= 0.6 is 11.3 Å². The third-order valence-electron chi connectivity index (χ3n) is 6.76. The average Bonchev–Trinajstić information content (AvgIpc) is 3.43. The smallest absolute Gasteiger partial charge is 0.169 e. The number of nitrogens with zero attached hydrogens (tertiary/aromatic N) is 2. The first-order valence-corrected chi connectivity index (χ1v) is 11.8. The number of carbonyl (C=O) groups excluding carboxylic acids is 1. The highest BCUT2D eigenvalue weighted by Gasteiger charge is 2.38. The Balaban J connectivity index is 1.67. The van der Waals surface area contributed by atoms with Crippen molar-refractivity contribution in [3.63, 3.8) is 0 Å². The number of hydrogen-bond donors (Lipinski definition) is 1. The molecule has 4 nitrogen and oxygen atoms in total. The van der Waals surface area contributed by atoms with E-state index >= 15 is 0 Å². The maximum atomic E-state index is 13.6. The average molecular weight is 422 g/mol. The van der Waals surface area contributed by atoms with E-state index in [2.05, 4.69) is 79.9 Å². The minimum absolute atomic E-state index is 0.108. The highest BCUT2D eigenvalue weighted by atomic mass is 32.1. The number of nitrogens with one attached hydrogen (secondary N) is 1. The van der Waals surface area contributed by atoms with Gasteiger partial charge in [-0.25, -0.2) is 4.68 Å². The molecule has 1 atom stereocenters. The number of fused-ring (bicyclic) bond motifs is 1. The van der Waals surface area contributed by atoms with E-state index in [1.54, 1.807) is 17.5 Å². The lowest BCUT2D eigenvalue weighted by Crippen LogP contribution is -2.38. The molecule has 5 heteroatoms. The Labute approximate surface area is 183 Å². The number of benzene rings is 1. The van der Waals surface area contributed by atoms with E-state index in [-0.39, 0.29) is 22.8 Å². The van der Waals surface area contributed by atoms with Crippen LogP contribution in [0.25, 0.3) is 0 Å². The van der Waals surface area contributed by atoms with Crippen molar-refractivity contribution in [1.29, 1.82) is 0 Å². The van der Waals surface area contributed by atoms with Crippen LogP contribution in [0.5, 0.6) is 0 Å². The van der Waals surface area contributed by atoms with Crippen molar-refractivity contribution < 1.29 is 4.79 Å². The molecule has 0 aliphatic carbocycles. The van der Waals surface area contributed by atoms with Crippen LogP contribution in [0, 0.1) is 0 Å². The van der Waals surface area contributed by atoms with Gasteiger partial charge in [-0.15, -0.1) is 11.3 Å². The number of rotatable bonds is 7. The molecule has 1 aliphatic rings. The molecule has 1 N–H and O–H groups in total. The molecular formula is C25H31N3OS. The van der Waals surface area contributed by atoms with Gasteiger partial charge in [-0.05, 0) is 50.1 Å².